The maximum atomic E-state index is 13.9. The lowest BCUT2D eigenvalue weighted by atomic mass is 10.0. The number of halogens is 1. The lowest BCUT2D eigenvalue weighted by Gasteiger charge is -2.32. The standard InChI is InChI=1S/C25H26FN5O3S/c1-14-5-4-8-18(13-14)31(25(34)22-19(27)20(23(28)32)30-35-22)21(15-9-11-16(26)12-10-15)24(33)29-17-6-2-3-7-17/h4-5,8-13,17,21H,2-3,6-7,27H2,1H3,(H2,28,32)(H,29,33). The highest BCUT2D eigenvalue weighted by atomic mass is 32.1. The highest BCUT2D eigenvalue weighted by Gasteiger charge is 2.37. The molecule has 4 rings (SSSR count). The molecular weight excluding hydrogens is 469 g/mol. The Morgan fingerprint density at radius 2 is 1.83 bits per heavy atom. The average Bonchev–Trinajstić information content (AvgIpc) is 3.47. The second-order valence-electron chi connectivity index (χ2n) is 8.60. The minimum Gasteiger partial charge on any atom is -0.395 e. The predicted molar refractivity (Wildman–Crippen MR) is 133 cm³/mol. The van der Waals surface area contributed by atoms with Gasteiger partial charge in [-0.15, -0.1) is 0 Å². The van der Waals surface area contributed by atoms with E-state index in [1.165, 1.54) is 29.2 Å². The number of anilines is 2. The molecule has 3 aromatic rings. The quantitative estimate of drug-likeness (QED) is 0.460. The van der Waals surface area contributed by atoms with Crippen LogP contribution in [-0.2, 0) is 4.79 Å². The second-order valence-corrected chi connectivity index (χ2v) is 9.37. The minimum atomic E-state index is -1.12. The smallest absolute Gasteiger partial charge is 0.273 e. The SMILES string of the molecule is Cc1cccc(N(C(=O)c2snc(C(N)=O)c2N)C(C(=O)NC2CCCC2)c2ccc(F)cc2)c1. The van der Waals surface area contributed by atoms with Gasteiger partial charge in [0.15, 0.2) is 5.69 Å². The van der Waals surface area contributed by atoms with Crippen LogP contribution in [0.15, 0.2) is 48.5 Å². The minimum absolute atomic E-state index is 0.00477. The Morgan fingerprint density at radius 3 is 2.43 bits per heavy atom. The maximum absolute atomic E-state index is 13.9. The summed E-state index contributed by atoms with van der Waals surface area (Å²) in [5.74, 6) is -2.32. The number of hydrogen-bond donors (Lipinski definition) is 3. The van der Waals surface area contributed by atoms with E-state index in [1.807, 2.05) is 13.0 Å². The van der Waals surface area contributed by atoms with Crippen molar-refractivity contribution >= 4 is 40.6 Å². The molecule has 5 N–H and O–H groups in total. The van der Waals surface area contributed by atoms with Crippen molar-refractivity contribution in [3.63, 3.8) is 0 Å². The summed E-state index contributed by atoms with van der Waals surface area (Å²) < 4.78 is 17.7. The zero-order valence-electron chi connectivity index (χ0n) is 19.2. The van der Waals surface area contributed by atoms with Crippen molar-refractivity contribution in [1.82, 2.24) is 9.69 Å². The first kappa shape index (κ1) is 24.3. The summed E-state index contributed by atoms with van der Waals surface area (Å²) in [6.07, 6.45) is 3.73. The Bertz CT molecular complexity index is 1250. The normalized spacial score (nSPS) is 14.5. The summed E-state index contributed by atoms with van der Waals surface area (Å²) in [5, 5.41) is 3.06. The summed E-state index contributed by atoms with van der Waals surface area (Å²) in [4.78, 5) is 40.6. The van der Waals surface area contributed by atoms with E-state index in [1.54, 1.807) is 18.2 Å². The lowest BCUT2D eigenvalue weighted by molar-refractivity contribution is -0.123. The van der Waals surface area contributed by atoms with Gasteiger partial charge in [-0.1, -0.05) is 37.1 Å². The average molecular weight is 496 g/mol. The first-order valence-electron chi connectivity index (χ1n) is 11.3. The Labute approximate surface area is 206 Å². The van der Waals surface area contributed by atoms with Crippen LogP contribution in [0, 0.1) is 12.7 Å². The lowest BCUT2D eigenvalue weighted by Crippen LogP contribution is -2.46. The molecule has 10 heteroatoms. The van der Waals surface area contributed by atoms with Gasteiger partial charge in [0.2, 0.25) is 5.91 Å². The van der Waals surface area contributed by atoms with E-state index in [4.69, 9.17) is 11.5 Å². The molecule has 1 atom stereocenters. The molecule has 1 heterocycles. The number of carbonyl (C=O) groups excluding carboxylic acids is 3. The molecule has 2 aromatic carbocycles. The summed E-state index contributed by atoms with van der Waals surface area (Å²) in [6.45, 7) is 1.86. The van der Waals surface area contributed by atoms with Crippen LogP contribution in [0.5, 0.6) is 0 Å². The fourth-order valence-corrected chi connectivity index (χ4v) is 5.06. The van der Waals surface area contributed by atoms with Gasteiger partial charge in [-0.3, -0.25) is 19.3 Å². The van der Waals surface area contributed by atoms with Crippen molar-refractivity contribution in [1.29, 1.82) is 0 Å². The van der Waals surface area contributed by atoms with Crippen LogP contribution in [-0.4, -0.2) is 28.1 Å². The summed E-state index contributed by atoms with van der Waals surface area (Å²) >= 11 is 0.741. The van der Waals surface area contributed by atoms with Gasteiger partial charge in [0.05, 0.1) is 5.69 Å². The third kappa shape index (κ3) is 5.17. The number of aromatic nitrogens is 1. The topological polar surface area (TPSA) is 131 Å². The van der Waals surface area contributed by atoms with Crippen LogP contribution in [0.4, 0.5) is 15.8 Å². The van der Waals surface area contributed by atoms with E-state index in [0.717, 1.165) is 42.8 Å². The number of benzene rings is 2. The van der Waals surface area contributed by atoms with E-state index in [9.17, 15) is 18.8 Å². The molecule has 0 saturated heterocycles. The van der Waals surface area contributed by atoms with Crippen molar-refractivity contribution in [2.75, 3.05) is 10.6 Å². The number of aryl methyl sites for hydroxylation is 1. The van der Waals surface area contributed by atoms with Crippen LogP contribution in [0.25, 0.3) is 0 Å². The monoisotopic (exact) mass is 495 g/mol. The molecule has 0 spiro atoms. The third-order valence-electron chi connectivity index (χ3n) is 6.05. The Hall–Kier alpha value is -3.79. The molecule has 3 amide bonds. The van der Waals surface area contributed by atoms with E-state index in [2.05, 4.69) is 9.69 Å². The fourth-order valence-electron chi connectivity index (χ4n) is 4.31. The van der Waals surface area contributed by atoms with Gasteiger partial charge in [-0.05, 0) is 66.7 Å². The molecule has 0 aliphatic heterocycles. The second kappa shape index (κ2) is 10.2. The van der Waals surface area contributed by atoms with Crippen molar-refractivity contribution < 1.29 is 18.8 Å². The number of amides is 3. The molecular formula is C25H26FN5O3S. The van der Waals surface area contributed by atoms with Crippen LogP contribution < -0.4 is 21.7 Å². The van der Waals surface area contributed by atoms with Gasteiger partial charge >= 0.3 is 0 Å². The summed E-state index contributed by atoms with van der Waals surface area (Å²) in [7, 11) is 0. The van der Waals surface area contributed by atoms with Crippen LogP contribution >= 0.6 is 11.5 Å². The molecule has 1 aliphatic carbocycles. The number of nitrogens with zero attached hydrogens (tertiary/aromatic N) is 2. The number of rotatable bonds is 7. The van der Waals surface area contributed by atoms with Gasteiger partial charge in [0.1, 0.15) is 16.7 Å². The molecule has 1 fully saturated rings. The fraction of sp³-hybridized carbons (Fsp3) is 0.280. The highest BCUT2D eigenvalue weighted by molar-refractivity contribution is 7.09. The largest absolute Gasteiger partial charge is 0.395 e. The number of nitrogens with one attached hydrogen (secondary N) is 1. The van der Waals surface area contributed by atoms with E-state index in [-0.39, 0.29) is 22.3 Å². The zero-order valence-corrected chi connectivity index (χ0v) is 20.0. The molecule has 8 nitrogen and oxygen atoms in total. The molecule has 1 aromatic heterocycles. The molecule has 1 aliphatic rings. The van der Waals surface area contributed by atoms with E-state index < -0.39 is 29.6 Å². The number of nitrogen functional groups attached to an aromatic ring is 1. The number of carbonyl (C=O) groups is 3. The maximum Gasteiger partial charge on any atom is 0.273 e. The number of hydrogen-bond acceptors (Lipinski definition) is 6. The van der Waals surface area contributed by atoms with Crippen molar-refractivity contribution in [2.45, 2.75) is 44.7 Å². The van der Waals surface area contributed by atoms with Crippen molar-refractivity contribution in [3.05, 3.63) is 76.0 Å². The van der Waals surface area contributed by atoms with Crippen molar-refractivity contribution in [2.24, 2.45) is 5.73 Å². The van der Waals surface area contributed by atoms with Crippen LogP contribution in [0.2, 0.25) is 0 Å². The van der Waals surface area contributed by atoms with Crippen LogP contribution in [0.3, 0.4) is 0 Å². The molecule has 0 radical (unpaired) electrons. The van der Waals surface area contributed by atoms with Crippen molar-refractivity contribution in [3.8, 4) is 0 Å². The van der Waals surface area contributed by atoms with Gasteiger partial charge in [-0.2, -0.15) is 4.37 Å². The number of primary amides is 1. The Morgan fingerprint density at radius 1 is 1.14 bits per heavy atom. The van der Waals surface area contributed by atoms with E-state index >= 15 is 0 Å². The third-order valence-corrected chi connectivity index (χ3v) is 6.90. The van der Waals surface area contributed by atoms with Crippen LogP contribution in [0.1, 0.15) is 63.0 Å². The van der Waals surface area contributed by atoms with Gasteiger partial charge in [0.25, 0.3) is 11.8 Å². The highest BCUT2D eigenvalue weighted by Crippen LogP contribution is 2.34. The molecule has 35 heavy (non-hydrogen) atoms. The first-order chi connectivity index (χ1) is 16.8. The molecule has 0 bridgehead atoms. The van der Waals surface area contributed by atoms with Gasteiger partial charge < -0.3 is 16.8 Å². The first-order valence-corrected chi connectivity index (χ1v) is 12.0. The molecule has 182 valence electrons. The Balaban J connectivity index is 1.85. The Kier molecular flexibility index (Phi) is 7.11. The van der Waals surface area contributed by atoms with Gasteiger partial charge in [0, 0.05) is 11.7 Å². The predicted octanol–water partition coefficient (Wildman–Crippen LogP) is 3.72. The van der Waals surface area contributed by atoms with E-state index in [0.29, 0.717) is 11.3 Å². The summed E-state index contributed by atoms with van der Waals surface area (Å²) in [5.41, 5.74) is 12.8. The zero-order chi connectivity index (χ0) is 25.1. The molecule has 1 unspecified atom stereocenters. The number of nitrogens with two attached hydrogens (primary N) is 2. The molecule has 1 saturated carbocycles. The summed E-state index contributed by atoms with van der Waals surface area (Å²) in [6, 6.07) is 11.4. The van der Waals surface area contributed by atoms with Gasteiger partial charge in [-0.25, -0.2) is 4.39 Å².